The van der Waals surface area contributed by atoms with Gasteiger partial charge in [-0.1, -0.05) is 12.1 Å². The van der Waals surface area contributed by atoms with E-state index in [0.717, 1.165) is 29.2 Å². The summed E-state index contributed by atoms with van der Waals surface area (Å²) in [6, 6.07) is 9.17. The maximum absolute atomic E-state index is 12.6. The molecule has 2 aromatic carbocycles. The number of anilines is 1. The molecule has 1 saturated heterocycles. The molecule has 0 bridgehead atoms. The van der Waals surface area contributed by atoms with Gasteiger partial charge in [0.2, 0.25) is 0 Å². The predicted octanol–water partition coefficient (Wildman–Crippen LogP) is 2.88. The molecule has 0 unspecified atom stereocenters. The summed E-state index contributed by atoms with van der Waals surface area (Å²) in [4.78, 5) is 48.9. The average molecular weight is 405 g/mol. The molecule has 5 amide bonds. The molecule has 2 aromatic rings. The largest absolute Gasteiger partial charge is 0.416 e. The minimum atomic E-state index is -4.46. The van der Waals surface area contributed by atoms with Gasteiger partial charge in [-0.15, -0.1) is 0 Å². The second-order valence-electron chi connectivity index (χ2n) is 6.26. The van der Waals surface area contributed by atoms with Crippen LogP contribution in [0.2, 0.25) is 0 Å². The Balaban J connectivity index is 1.65. The molecule has 1 aliphatic heterocycles. The lowest BCUT2D eigenvalue weighted by molar-refractivity contribution is -0.143. The molecule has 0 aliphatic carbocycles. The Hall–Kier alpha value is -3.69. The van der Waals surface area contributed by atoms with Crippen molar-refractivity contribution >= 4 is 29.4 Å². The monoisotopic (exact) mass is 405 g/mol. The molecular weight excluding hydrogens is 391 g/mol. The summed E-state index contributed by atoms with van der Waals surface area (Å²) >= 11 is 0. The summed E-state index contributed by atoms with van der Waals surface area (Å²) in [5.41, 5.74) is 0.110. The van der Waals surface area contributed by atoms with Crippen molar-refractivity contribution in [2.75, 3.05) is 12.4 Å². The predicted molar refractivity (Wildman–Crippen MR) is 94.6 cm³/mol. The summed E-state index contributed by atoms with van der Waals surface area (Å²) in [6.07, 6.45) is -4.46. The molecule has 1 heterocycles. The fourth-order valence-corrected chi connectivity index (χ4v) is 2.64. The zero-order valence-corrected chi connectivity index (χ0v) is 15.0. The molecule has 150 valence electrons. The van der Waals surface area contributed by atoms with Gasteiger partial charge in [0.25, 0.3) is 5.91 Å². The zero-order chi connectivity index (χ0) is 21.3. The Morgan fingerprint density at radius 3 is 2.00 bits per heavy atom. The van der Waals surface area contributed by atoms with Crippen molar-refractivity contribution in [1.29, 1.82) is 0 Å². The molecule has 3 rings (SSSR count). The Morgan fingerprint density at radius 1 is 0.931 bits per heavy atom. The second kappa shape index (κ2) is 7.38. The normalized spacial score (nSPS) is 14.6. The first-order valence-corrected chi connectivity index (χ1v) is 8.29. The maximum atomic E-state index is 12.6. The van der Waals surface area contributed by atoms with Crippen molar-refractivity contribution < 1.29 is 32.3 Å². The quantitative estimate of drug-likeness (QED) is 0.626. The maximum Gasteiger partial charge on any atom is 0.416 e. The molecule has 0 atom stereocenters. The number of hydrogen-bond acceptors (Lipinski definition) is 4. The van der Waals surface area contributed by atoms with E-state index >= 15 is 0 Å². The highest BCUT2D eigenvalue weighted by molar-refractivity contribution is 6.44. The van der Waals surface area contributed by atoms with Crippen molar-refractivity contribution in [2.45, 2.75) is 12.7 Å². The number of halogens is 3. The fraction of sp³-hybridized carbons (Fsp3) is 0.158. The Morgan fingerprint density at radius 2 is 1.52 bits per heavy atom. The summed E-state index contributed by atoms with van der Waals surface area (Å²) in [7, 11) is 1.21. The lowest BCUT2D eigenvalue weighted by Crippen LogP contribution is -2.31. The van der Waals surface area contributed by atoms with Gasteiger partial charge in [-0.25, -0.2) is 4.79 Å². The van der Waals surface area contributed by atoms with Gasteiger partial charge in [0.05, 0.1) is 12.1 Å². The van der Waals surface area contributed by atoms with E-state index in [2.05, 4.69) is 5.32 Å². The number of amides is 5. The molecule has 0 saturated carbocycles. The summed E-state index contributed by atoms with van der Waals surface area (Å²) in [6.45, 7) is -0.130. The van der Waals surface area contributed by atoms with E-state index in [0.29, 0.717) is 10.5 Å². The first-order valence-electron chi connectivity index (χ1n) is 8.29. The number of imide groups is 2. The number of carbonyl (C=O) groups excluding carboxylic acids is 4. The second-order valence-corrected chi connectivity index (χ2v) is 6.26. The molecule has 0 aromatic heterocycles. The van der Waals surface area contributed by atoms with Gasteiger partial charge in [0.15, 0.2) is 0 Å². The Bertz CT molecular complexity index is 985. The fourth-order valence-electron chi connectivity index (χ4n) is 2.64. The van der Waals surface area contributed by atoms with E-state index in [4.69, 9.17) is 0 Å². The van der Waals surface area contributed by atoms with Crippen molar-refractivity contribution in [2.24, 2.45) is 0 Å². The first-order chi connectivity index (χ1) is 13.6. The van der Waals surface area contributed by atoms with Crippen LogP contribution in [-0.4, -0.2) is 40.6 Å². The minimum absolute atomic E-state index is 0.130. The van der Waals surface area contributed by atoms with Crippen LogP contribution in [0, 0.1) is 0 Å². The van der Waals surface area contributed by atoms with Gasteiger partial charge in [-0.05, 0) is 42.0 Å². The summed E-state index contributed by atoms with van der Waals surface area (Å²) in [5.74, 6) is -2.39. The number of benzene rings is 2. The summed E-state index contributed by atoms with van der Waals surface area (Å²) < 4.78 is 37.7. The van der Waals surface area contributed by atoms with Crippen LogP contribution in [0.3, 0.4) is 0 Å². The molecule has 10 heteroatoms. The average Bonchev–Trinajstić information content (AvgIpc) is 2.86. The van der Waals surface area contributed by atoms with E-state index in [1.807, 2.05) is 0 Å². The smallest absolute Gasteiger partial charge is 0.322 e. The van der Waals surface area contributed by atoms with Crippen LogP contribution in [-0.2, 0) is 22.3 Å². The number of hydrogen-bond donors (Lipinski definition) is 1. The van der Waals surface area contributed by atoms with Crippen LogP contribution in [0.25, 0.3) is 0 Å². The number of urea groups is 1. The van der Waals surface area contributed by atoms with Gasteiger partial charge < -0.3 is 5.32 Å². The highest BCUT2D eigenvalue weighted by Gasteiger charge is 2.42. The lowest BCUT2D eigenvalue weighted by atomic mass is 10.1. The molecule has 29 heavy (non-hydrogen) atoms. The Kier molecular flexibility index (Phi) is 5.10. The van der Waals surface area contributed by atoms with Crippen LogP contribution in [0.4, 0.5) is 23.7 Å². The third-order valence-electron chi connectivity index (χ3n) is 4.28. The van der Waals surface area contributed by atoms with E-state index in [1.54, 1.807) is 0 Å². The number of alkyl halides is 3. The third-order valence-corrected chi connectivity index (χ3v) is 4.28. The molecular formula is C19H14F3N3O4. The molecule has 7 nitrogen and oxygen atoms in total. The van der Waals surface area contributed by atoms with Gasteiger partial charge in [0, 0.05) is 18.3 Å². The topological polar surface area (TPSA) is 86.8 Å². The number of likely N-dealkylation sites (N-methyl/N-ethyl adjacent to an activating group) is 1. The molecule has 0 radical (unpaired) electrons. The molecule has 1 aliphatic rings. The molecule has 0 spiro atoms. The minimum Gasteiger partial charge on any atom is -0.322 e. The Labute approximate surface area is 162 Å². The van der Waals surface area contributed by atoms with Crippen LogP contribution < -0.4 is 5.32 Å². The van der Waals surface area contributed by atoms with Crippen LogP contribution >= 0.6 is 0 Å². The van der Waals surface area contributed by atoms with E-state index < -0.39 is 35.5 Å². The molecule has 1 N–H and O–H groups in total. The molecule has 1 fully saturated rings. The van der Waals surface area contributed by atoms with Gasteiger partial charge in [-0.2, -0.15) is 13.2 Å². The van der Waals surface area contributed by atoms with Gasteiger partial charge in [-0.3, -0.25) is 24.2 Å². The SMILES string of the molecule is CN1C(=O)C(=O)N(Cc2ccc(C(=O)Nc3ccc(C(F)(F)F)cc3)cc2)C1=O. The van der Waals surface area contributed by atoms with Crippen molar-refractivity contribution in [3.63, 3.8) is 0 Å². The summed E-state index contributed by atoms with van der Waals surface area (Å²) in [5, 5.41) is 2.48. The van der Waals surface area contributed by atoms with E-state index in [9.17, 15) is 32.3 Å². The standard InChI is InChI=1S/C19H14F3N3O4/c1-24-16(27)17(28)25(18(24)29)10-11-2-4-12(5-3-11)15(26)23-14-8-6-13(7-9-14)19(20,21)22/h2-9H,10H2,1H3,(H,23,26). The van der Waals surface area contributed by atoms with Crippen molar-refractivity contribution in [3.8, 4) is 0 Å². The van der Waals surface area contributed by atoms with Crippen LogP contribution in [0.15, 0.2) is 48.5 Å². The third kappa shape index (κ3) is 4.10. The number of rotatable bonds is 4. The van der Waals surface area contributed by atoms with Crippen LogP contribution in [0.1, 0.15) is 21.5 Å². The van der Waals surface area contributed by atoms with E-state index in [1.165, 1.54) is 31.3 Å². The number of nitrogens with one attached hydrogen (secondary N) is 1. The zero-order valence-electron chi connectivity index (χ0n) is 15.0. The highest BCUT2D eigenvalue weighted by Crippen LogP contribution is 2.29. The van der Waals surface area contributed by atoms with E-state index in [-0.39, 0.29) is 17.8 Å². The van der Waals surface area contributed by atoms with Crippen molar-refractivity contribution in [1.82, 2.24) is 9.80 Å². The van der Waals surface area contributed by atoms with Gasteiger partial charge >= 0.3 is 24.0 Å². The van der Waals surface area contributed by atoms with Crippen LogP contribution in [0.5, 0.6) is 0 Å². The first kappa shape index (κ1) is 20.1. The lowest BCUT2D eigenvalue weighted by Gasteiger charge is -2.13. The number of carbonyl (C=O) groups is 4. The number of nitrogens with zero attached hydrogens (tertiary/aromatic N) is 2. The van der Waals surface area contributed by atoms with Gasteiger partial charge in [0.1, 0.15) is 0 Å². The highest BCUT2D eigenvalue weighted by atomic mass is 19.4. The van der Waals surface area contributed by atoms with Crippen molar-refractivity contribution in [3.05, 3.63) is 65.2 Å².